The fourth-order valence-electron chi connectivity index (χ4n) is 1.28. The van der Waals surface area contributed by atoms with Crippen molar-refractivity contribution in [1.29, 1.82) is 0 Å². The average molecular weight is 201 g/mol. The van der Waals surface area contributed by atoms with Gasteiger partial charge in [0.15, 0.2) is 0 Å². The Hall–Kier alpha value is -0.570. The summed E-state index contributed by atoms with van der Waals surface area (Å²) < 4.78 is 4.82. The van der Waals surface area contributed by atoms with E-state index in [1.807, 2.05) is 0 Å². The standard InChI is InChI=1S/C11H23NO2/c1-4-14-11(13)10(12)8-6-5-7-9(2)3/h9-10H,4-8,12H2,1-3H3/t10-/m0/s1. The molecule has 84 valence electrons. The van der Waals surface area contributed by atoms with Crippen molar-refractivity contribution in [3.05, 3.63) is 0 Å². The summed E-state index contributed by atoms with van der Waals surface area (Å²) in [4.78, 5) is 11.1. The third-order valence-corrected chi connectivity index (χ3v) is 2.14. The van der Waals surface area contributed by atoms with Gasteiger partial charge < -0.3 is 10.5 Å². The number of carbonyl (C=O) groups excluding carboxylic acids is 1. The molecule has 0 aromatic rings. The van der Waals surface area contributed by atoms with E-state index < -0.39 is 6.04 Å². The second-order valence-electron chi connectivity index (χ2n) is 4.04. The van der Waals surface area contributed by atoms with E-state index in [4.69, 9.17) is 10.5 Å². The van der Waals surface area contributed by atoms with Crippen molar-refractivity contribution in [2.45, 2.75) is 52.5 Å². The highest BCUT2D eigenvalue weighted by Crippen LogP contribution is 2.09. The maximum atomic E-state index is 11.1. The quantitative estimate of drug-likeness (QED) is 0.507. The maximum Gasteiger partial charge on any atom is 0.322 e. The molecule has 0 rings (SSSR count). The van der Waals surface area contributed by atoms with Crippen molar-refractivity contribution in [1.82, 2.24) is 0 Å². The maximum absolute atomic E-state index is 11.1. The topological polar surface area (TPSA) is 52.3 Å². The SMILES string of the molecule is CCOC(=O)[C@@H](N)CCCCC(C)C. The molecule has 0 saturated carbocycles. The lowest BCUT2D eigenvalue weighted by atomic mass is 10.0. The van der Waals surface area contributed by atoms with Crippen molar-refractivity contribution in [2.75, 3.05) is 6.61 Å². The van der Waals surface area contributed by atoms with Gasteiger partial charge in [0.2, 0.25) is 0 Å². The number of hydrogen-bond donors (Lipinski definition) is 1. The summed E-state index contributed by atoms with van der Waals surface area (Å²) in [5.74, 6) is 0.464. The average Bonchev–Trinajstić information content (AvgIpc) is 2.12. The first-order valence-corrected chi connectivity index (χ1v) is 5.50. The third-order valence-electron chi connectivity index (χ3n) is 2.14. The van der Waals surface area contributed by atoms with E-state index in [9.17, 15) is 4.79 Å². The first-order valence-electron chi connectivity index (χ1n) is 5.50. The van der Waals surface area contributed by atoms with E-state index >= 15 is 0 Å². The van der Waals surface area contributed by atoms with Gasteiger partial charge in [-0.2, -0.15) is 0 Å². The summed E-state index contributed by atoms with van der Waals surface area (Å²) in [5.41, 5.74) is 5.65. The van der Waals surface area contributed by atoms with Crippen molar-refractivity contribution in [2.24, 2.45) is 11.7 Å². The molecule has 14 heavy (non-hydrogen) atoms. The molecule has 0 aliphatic rings. The minimum Gasteiger partial charge on any atom is -0.465 e. The van der Waals surface area contributed by atoms with Gasteiger partial charge in [0.25, 0.3) is 0 Å². The highest BCUT2D eigenvalue weighted by Gasteiger charge is 2.13. The Bertz CT molecular complexity index is 157. The van der Waals surface area contributed by atoms with Crippen molar-refractivity contribution < 1.29 is 9.53 Å². The molecule has 0 fully saturated rings. The van der Waals surface area contributed by atoms with Gasteiger partial charge >= 0.3 is 5.97 Å². The Kier molecular flexibility index (Phi) is 7.48. The Morgan fingerprint density at radius 1 is 1.29 bits per heavy atom. The Labute approximate surface area is 87.0 Å². The summed E-state index contributed by atoms with van der Waals surface area (Å²) in [7, 11) is 0. The second-order valence-corrected chi connectivity index (χ2v) is 4.04. The zero-order valence-electron chi connectivity index (χ0n) is 9.58. The molecule has 1 atom stereocenters. The van der Waals surface area contributed by atoms with E-state index in [0.29, 0.717) is 6.61 Å². The van der Waals surface area contributed by atoms with E-state index in [0.717, 1.165) is 25.2 Å². The van der Waals surface area contributed by atoms with Gasteiger partial charge in [0.1, 0.15) is 6.04 Å². The van der Waals surface area contributed by atoms with Crippen LogP contribution < -0.4 is 5.73 Å². The first kappa shape index (κ1) is 13.4. The van der Waals surface area contributed by atoms with Crippen LogP contribution in [0.4, 0.5) is 0 Å². The smallest absolute Gasteiger partial charge is 0.322 e. The molecule has 0 heterocycles. The molecule has 0 aliphatic heterocycles. The number of ether oxygens (including phenoxy) is 1. The Morgan fingerprint density at radius 3 is 2.36 bits per heavy atom. The number of hydrogen-bond acceptors (Lipinski definition) is 3. The van der Waals surface area contributed by atoms with Gasteiger partial charge in [-0.1, -0.05) is 33.1 Å². The van der Waals surface area contributed by atoms with Gasteiger partial charge in [0.05, 0.1) is 6.61 Å². The summed E-state index contributed by atoms with van der Waals surface area (Å²) in [6.07, 6.45) is 4.10. The van der Waals surface area contributed by atoms with Crippen LogP contribution in [-0.2, 0) is 9.53 Å². The van der Waals surface area contributed by atoms with Crippen LogP contribution in [0.25, 0.3) is 0 Å². The van der Waals surface area contributed by atoms with Gasteiger partial charge in [-0.3, -0.25) is 4.79 Å². The summed E-state index contributed by atoms with van der Waals surface area (Å²) in [5, 5.41) is 0. The number of rotatable bonds is 7. The van der Waals surface area contributed by atoms with Crippen molar-refractivity contribution in [3.8, 4) is 0 Å². The molecule has 0 spiro atoms. The van der Waals surface area contributed by atoms with Crippen molar-refractivity contribution in [3.63, 3.8) is 0 Å². The van der Waals surface area contributed by atoms with Crippen LogP contribution in [0.15, 0.2) is 0 Å². The molecule has 0 saturated heterocycles. The Balaban J connectivity index is 3.43. The zero-order valence-corrected chi connectivity index (χ0v) is 9.58. The van der Waals surface area contributed by atoms with Crippen LogP contribution in [0.2, 0.25) is 0 Å². The van der Waals surface area contributed by atoms with Crippen LogP contribution in [0, 0.1) is 5.92 Å². The monoisotopic (exact) mass is 201 g/mol. The molecule has 0 unspecified atom stereocenters. The summed E-state index contributed by atoms with van der Waals surface area (Å²) in [6.45, 7) is 6.61. The molecule has 0 aromatic carbocycles. The number of esters is 1. The molecular weight excluding hydrogens is 178 g/mol. The van der Waals surface area contributed by atoms with Gasteiger partial charge in [0, 0.05) is 0 Å². The highest BCUT2D eigenvalue weighted by molar-refractivity contribution is 5.75. The lowest BCUT2D eigenvalue weighted by Gasteiger charge is -2.10. The number of carbonyl (C=O) groups is 1. The minimum atomic E-state index is -0.429. The van der Waals surface area contributed by atoms with E-state index in [1.165, 1.54) is 6.42 Å². The first-order chi connectivity index (χ1) is 6.57. The molecule has 0 radical (unpaired) electrons. The van der Waals surface area contributed by atoms with Crippen LogP contribution in [0.3, 0.4) is 0 Å². The largest absolute Gasteiger partial charge is 0.465 e. The fourth-order valence-corrected chi connectivity index (χ4v) is 1.28. The molecule has 2 N–H and O–H groups in total. The van der Waals surface area contributed by atoms with E-state index in [2.05, 4.69) is 13.8 Å². The van der Waals surface area contributed by atoms with E-state index in [1.54, 1.807) is 6.92 Å². The third kappa shape index (κ3) is 6.89. The molecule has 0 bridgehead atoms. The molecule has 0 amide bonds. The Morgan fingerprint density at radius 2 is 1.86 bits per heavy atom. The number of unbranched alkanes of at least 4 members (excludes halogenated alkanes) is 1. The molecule has 3 nitrogen and oxygen atoms in total. The second kappa shape index (κ2) is 7.80. The summed E-state index contributed by atoms with van der Waals surface area (Å²) >= 11 is 0. The van der Waals surface area contributed by atoms with Crippen LogP contribution in [0.1, 0.15) is 46.5 Å². The highest BCUT2D eigenvalue weighted by atomic mass is 16.5. The van der Waals surface area contributed by atoms with Gasteiger partial charge in [-0.25, -0.2) is 0 Å². The molecule has 0 aliphatic carbocycles. The lowest BCUT2D eigenvalue weighted by molar-refractivity contribution is -0.144. The predicted molar refractivity (Wildman–Crippen MR) is 57.9 cm³/mol. The zero-order chi connectivity index (χ0) is 11.0. The fraction of sp³-hybridized carbons (Fsp3) is 0.909. The number of nitrogens with two attached hydrogens (primary N) is 1. The summed E-state index contributed by atoms with van der Waals surface area (Å²) in [6, 6.07) is -0.429. The molecule has 3 heteroatoms. The van der Waals surface area contributed by atoms with Crippen LogP contribution >= 0.6 is 0 Å². The van der Waals surface area contributed by atoms with Crippen molar-refractivity contribution >= 4 is 5.97 Å². The van der Waals surface area contributed by atoms with Gasteiger partial charge in [-0.05, 0) is 19.3 Å². The van der Waals surface area contributed by atoms with E-state index in [-0.39, 0.29) is 5.97 Å². The normalized spacial score (nSPS) is 12.9. The molecular formula is C11H23NO2. The van der Waals surface area contributed by atoms with Crippen LogP contribution in [-0.4, -0.2) is 18.6 Å². The minimum absolute atomic E-state index is 0.267. The predicted octanol–water partition coefficient (Wildman–Crippen LogP) is 2.09. The molecule has 0 aromatic heterocycles. The van der Waals surface area contributed by atoms with Gasteiger partial charge in [-0.15, -0.1) is 0 Å². The van der Waals surface area contributed by atoms with Crippen LogP contribution in [0.5, 0.6) is 0 Å². The lowest BCUT2D eigenvalue weighted by Crippen LogP contribution is -2.32.